The Kier molecular flexibility index (Phi) is 5.62. The number of hydrogen-bond donors (Lipinski definition) is 1. The molecule has 1 N–H and O–H groups in total. The number of benzene rings is 3. The quantitative estimate of drug-likeness (QED) is 0.584. The molecule has 3 aromatic rings. The Morgan fingerprint density at radius 3 is 2.26 bits per heavy atom. The second kappa shape index (κ2) is 8.52. The largest absolute Gasteiger partial charge is 0.496 e. The lowest BCUT2D eigenvalue weighted by atomic mass is 9.87. The fourth-order valence-electron chi connectivity index (χ4n) is 3.87. The first-order valence-electron chi connectivity index (χ1n) is 10.0. The number of ether oxygens (including phenoxy) is 2. The minimum atomic E-state index is -1.05. The molecule has 0 aliphatic carbocycles. The zero-order chi connectivity index (χ0) is 22.0. The molecule has 6 heteroatoms. The number of para-hydroxylation sites is 2. The summed E-state index contributed by atoms with van der Waals surface area (Å²) in [5, 5.41) is 9.48. The van der Waals surface area contributed by atoms with Crippen LogP contribution in [0, 0.1) is 0 Å². The average molecular weight is 417 g/mol. The van der Waals surface area contributed by atoms with Gasteiger partial charge in [-0.05, 0) is 36.2 Å². The Morgan fingerprint density at radius 1 is 0.968 bits per heavy atom. The summed E-state index contributed by atoms with van der Waals surface area (Å²) in [7, 11) is 1.63. The number of carboxylic acid groups (broad SMARTS) is 1. The first-order chi connectivity index (χ1) is 15.0. The van der Waals surface area contributed by atoms with E-state index in [0.29, 0.717) is 5.75 Å². The van der Waals surface area contributed by atoms with Gasteiger partial charge in [0.2, 0.25) is 6.10 Å². The summed E-state index contributed by atoms with van der Waals surface area (Å²) in [6.07, 6.45) is -0.777. The van der Waals surface area contributed by atoms with Crippen LogP contribution in [0.15, 0.2) is 78.9 Å². The van der Waals surface area contributed by atoms with E-state index < -0.39 is 24.2 Å². The molecule has 1 aliphatic rings. The molecule has 6 nitrogen and oxygen atoms in total. The molecule has 0 aromatic heterocycles. The van der Waals surface area contributed by atoms with Crippen LogP contribution >= 0.6 is 0 Å². The number of aliphatic carboxylic acids is 1. The van der Waals surface area contributed by atoms with Crippen molar-refractivity contribution in [3.8, 4) is 22.6 Å². The molecule has 4 rings (SSSR count). The number of hydrogen-bond acceptors (Lipinski definition) is 4. The molecule has 1 fully saturated rings. The molecule has 3 atom stereocenters. The monoisotopic (exact) mass is 417 g/mol. The smallest absolute Gasteiger partial charge is 0.326 e. The van der Waals surface area contributed by atoms with Crippen molar-refractivity contribution in [1.29, 1.82) is 0 Å². The van der Waals surface area contributed by atoms with Crippen LogP contribution in [0.1, 0.15) is 18.5 Å². The van der Waals surface area contributed by atoms with Crippen molar-refractivity contribution >= 4 is 11.9 Å². The normalized spacial score (nSPS) is 18.8. The summed E-state index contributed by atoms with van der Waals surface area (Å²) in [6.45, 7) is 1.51. The number of β-lactam (4-membered cyclic amide) rings is 1. The van der Waals surface area contributed by atoms with E-state index in [-0.39, 0.29) is 5.91 Å². The highest BCUT2D eigenvalue weighted by atomic mass is 16.5. The molecule has 158 valence electrons. The highest BCUT2D eigenvalue weighted by Gasteiger charge is 2.53. The number of carbonyl (C=O) groups is 2. The van der Waals surface area contributed by atoms with Crippen LogP contribution in [0.3, 0.4) is 0 Å². The maximum absolute atomic E-state index is 12.8. The van der Waals surface area contributed by atoms with Crippen LogP contribution in [0.25, 0.3) is 11.1 Å². The summed E-state index contributed by atoms with van der Waals surface area (Å²) in [6, 6.07) is 23.0. The molecule has 0 bridgehead atoms. The van der Waals surface area contributed by atoms with Crippen LogP contribution in [-0.2, 0) is 9.59 Å². The van der Waals surface area contributed by atoms with Crippen molar-refractivity contribution < 1.29 is 24.2 Å². The van der Waals surface area contributed by atoms with Gasteiger partial charge in [0.25, 0.3) is 5.91 Å². The topological polar surface area (TPSA) is 76.1 Å². The highest BCUT2D eigenvalue weighted by molar-refractivity contribution is 5.93. The van der Waals surface area contributed by atoms with Crippen LogP contribution in [0.2, 0.25) is 0 Å². The van der Waals surface area contributed by atoms with Crippen molar-refractivity contribution in [2.45, 2.75) is 25.1 Å². The molecule has 1 heterocycles. The molecule has 3 aromatic carbocycles. The van der Waals surface area contributed by atoms with Gasteiger partial charge >= 0.3 is 5.97 Å². The van der Waals surface area contributed by atoms with Crippen molar-refractivity contribution in [2.24, 2.45) is 0 Å². The predicted octanol–water partition coefficient (Wildman–Crippen LogP) is 4.17. The summed E-state index contributed by atoms with van der Waals surface area (Å²) in [5.74, 6) is -0.0562. The molecular formula is C25H23NO5. The first kappa shape index (κ1) is 20.5. The molecule has 1 amide bonds. The van der Waals surface area contributed by atoms with Crippen molar-refractivity contribution in [2.75, 3.05) is 7.11 Å². The summed E-state index contributed by atoms with van der Waals surface area (Å²) >= 11 is 0. The number of carbonyl (C=O) groups excluding carboxylic acids is 1. The number of likely N-dealkylation sites (tertiary alicyclic amines) is 1. The summed E-state index contributed by atoms with van der Waals surface area (Å²) in [5.41, 5.74) is 2.73. The zero-order valence-electron chi connectivity index (χ0n) is 17.3. The average Bonchev–Trinajstić information content (AvgIpc) is 2.81. The van der Waals surface area contributed by atoms with E-state index in [9.17, 15) is 14.7 Å². The highest BCUT2D eigenvalue weighted by Crippen LogP contribution is 2.40. The molecule has 0 saturated carbocycles. The van der Waals surface area contributed by atoms with Gasteiger partial charge in [-0.2, -0.15) is 0 Å². The van der Waals surface area contributed by atoms with Crippen LogP contribution in [0.4, 0.5) is 0 Å². The number of carboxylic acids is 1. The Balaban J connectivity index is 1.65. The maximum Gasteiger partial charge on any atom is 0.326 e. The zero-order valence-corrected chi connectivity index (χ0v) is 17.3. The van der Waals surface area contributed by atoms with Crippen molar-refractivity contribution in [3.63, 3.8) is 0 Å². The van der Waals surface area contributed by atoms with Gasteiger partial charge < -0.3 is 19.5 Å². The van der Waals surface area contributed by atoms with Gasteiger partial charge in [0, 0.05) is 5.56 Å². The third-order valence-corrected chi connectivity index (χ3v) is 5.54. The molecule has 1 saturated heterocycles. The number of nitrogens with zero attached hydrogens (tertiary/aromatic N) is 1. The minimum Gasteiger partial charge on any atom is -0.496 e. The van der Waals surface area contributed by atoms with E-state index in [1.54, 1.807) is 19.2 Å². The van der Waals surface area contributed by atoms with Gasteiger partial charge in [0.05, 0.1) is 7.11 Å². The predicted molar refractivity (Wildman–Crippen MR) is 116 cm³/mol. The van der Waals surface area contributed by atoms with E-state index in [1.807, 2.05) is 66.7 Å². The maximum atomic E-state index is 12.8. The molecule has 0 radical (unpaired) electrons. The molecule has 1 aliphatic heterocycles. The third-order valence-electron chi connectivity index (χ3n) is 5.54. The lowest BCUT2D eigenvalue weighted by molar-refractivity contribution is -0.175. The number of amides is 1. The fraction of sp³-hybridized carbons (Fsp3) is 0.200. The standard InChI is InChI=1S/C25H23NO5/c1-16(25(28)29)26-22(23(24(26)27)31-19-8-4-3-5-9-19)18-14-12-17(13-15-18)20-10-6-7-11-21(20)30-2/h3-16,22-23H,1-2H3,(H,28,29)/t16-,22?,23?/m0/s1. The lowest BCUT2D eigenvalue weighted by Crippen LogP contribution is -2.65. The second-order valence-corrected chi connectivity index (χ2v) is 7.38. The Morgan fingerprint density at radius 2 is 1.61 bits per heavy atom. The summed E-state index contributed by atoms with van der Waals surface area (Å²) in [4.78, 5) is 25.7. The Hall–Kier alpha value is -3.80. The lowest BCUT2D eigenvalue weighted by Gasteiger charge is -2.48. The van der Waals surface area contributed by atoms with Gasteiger partial charge in [-0.1, -0.05) is 60.7 Å². The molecule has 2 unspecified atom stereocenters. The van der Waals surface area contributed by atoms with Crippen LogP contribution in [-0.4, -0.2) is 41.1 Å². The molecule has 0 spiro atoms. The van der Waals surface area contributed by atoms with E-state index in [1.165, 1.54) is 11.8 Å². The van der Waals surface area contributed by atoms with Crippen molar-refractivity contribution in [3.05, 3.63) is 84.4 Å². The van der Waals surface area contributed by atoms with Crippen molar-refractivity contribution in [1.82, 2.24) is 4.90 Å². The minimum absolute atomic E-state index is 0.336. The number of methoxy groups -OCH3 is 1. The van der Waals surface area contributed by atoms with Gasteiger partial charge in [0.15, 0.2) is 0 Å². The number of rotatable bonds is 7. The first-order valence-corrected chi connectivity index (χ1v) is 10.0. The van der Waals surface area contributed by atoms with Crippen LogP contribution < -0.4 is 9.47 Å². The van der Waals surface area contributed by atoms with Gasteiger partial charge in [-0.3, -0.25) is 4.79 Å². The van der Waals surface area contributed by atoms with E-state index >= 15 is 0 Å². The Labute approximate surface area is 180 Å². The van der Waals surface area contributed by atoms with Gasteiger partial charge in [-0.15, -0.1) is 0 Å². The molecule has 31 heavy (non-hydrogen) atoms. The second-order valence-electron chi connectivity index (χ2n) is 7.38. The van der Waals surface area contributed by atoms with E-state index in [2.05, 4.69) is 0 Å². The van der Waals surface area contributed by atoms with Crippen LogP contribution in [0.5, 0.6) is 11.5 Å². The molecular weight excluding hydrogens is 394 g/mol. The SMILES string of the molecule is COc1ccccc1-c1ccc(C2C(Oc3ccccc3)C(=O)N2[C@@H](C)C(=O)O)cc1. The van der Waals surface area contributed by atoms with E-state index in [0.717, 1.165) is 22.4 Å². The third kappa shape index (κ3) is 3.84. The fourth-order valence-corrected chi connectivity index (χ4v) is 3.87. The summed E-state index contributed by atoms with van der Waals surface area (Å²) < 4.78 is 11.4. The van der Waals surface area contributed by atoms with Gasteiger partial charge in [0.1, 0.15) is 23.6 Å². The van der Waals surface area contributed by atoms with Gasteiger partial charge in [-0.25, -0.2) is 4.79 Å². The van der Waals surface area contributed by atoms with E-state index in [4.69, 9.17) is 9.47 Å². The Bertz CT molecular complexity index is 1080.